The Labute approximate surface area is 264 Å². The number of ketones is 2. The van der Waals surface area contributed by atoms with E-state index in [9.17, 15) is 45.0 Å². The summed E-state index contributed by atoms with van der Waals surface area (Å²) in [6, 6.07) is 2.43. The lowest BCUT2D eigenvalue weighted by atomic mass is 9.53. The molecule has 6 atom stereocenters. The third-order valence-corrected chi connectivity index (χ3v) is 9.19. The fourth-order valence-corrected chi connectivity index (χ4v) is 6.94. The zero-order chi connectivity index (χ0) is 34.2. The van der Waals surface area contributed by atoms with Crippen molar-refractivity contribution in [1.29, 1.82) is 0 Å². The van der Waals surface area contributed by atoms with Gasteiger partial charge in [0.05, 0.1) is 62.5 Å². The number of quaternary nitrogens is 1. The molecule has 4 rings (SSSR count). The van der Waals surface area contributed by atoms with Gasteiger partial charge in [-0.15, -0.1) is 0 Å². The minimum atomic E-state index is -3.13. The summed E-state index contributed by atoms with van der Waals surface area (Å²) in [5, 5.41) is 68.6. The molecule has 250 valence electrons. The van der Waals surface area contributed by atoms with Gasteiger partial charge in [-0.05, 0) is 45.5 Å². The van der Waals surface area contributed by atoms with E-state index < -0.39 is 81.1 Å². The number of amides is 1. The number of nitrogens with zero attached hydrogens (tertiary/aromatic N) is 2. The van der Waals surface area contributed by atoms with Crippen LogP contribution in [-0.2, 0) is 20.0 Å². The molecule has 12 nitrogen and oxygen atoms in total. The number of aliphatic hydroxyl groups is 4. The number of phenolic OH excluding ortho intramolecular Hbond substituents is 1. The van der Waals surface area contributed by atoms with E-state index in [2.05, 4.69) is 28.1 Å². The van der Waals surface area contributed by atoms with Crippen molar-refractivity contribution in [3.05, 3.63) is 46.2 Å². The predicted octanol–water partition coefficient (Wildman–Crippen LogP) is 0.455. The van der Waals surface area contributed by atoms with Crippen molar-refractivity contribution >= 4 is 23.2 Å². The summed E-state index contributed by atoms with van der Waals surface area (Å²) in [6.45, 7) is 4.83. The highest BCUT2D eigenvalue weighted by molar-refractivity contribution is 6.24. The number of phenols is 1. The van der Waals surface area contributed by atoms with Gasteiger partial charge in [-0.2, -0.15) is 0 Å². The Bertz CT molecular complexity index is 1390. The minimum absolute atomic E-state index is 0.00899. The quantitative estimate of drug-likeness (QED) is 0.126. The summed E-state index contributed by atoms with van der Waals surface area (Å²) >= 11 is 0. The first-order chi connectivity index (χ1) is 20.8. The maximum atomic E-state index is 13.6. The van der Waals surface area contributed by atoms with Gasteiger partial charge in [0, 0.05) is 11.5 Å². The molecule has 1 aromatic carbocycles. The first-order valence-corrected chi connectivity index (χ1v) is 15.4. The Morgan fingerprint density at radius 3 is 2.16 bits per heavy atom. The van der Waals surface area contributed by atoms with E-state index in [1.165, 1.54) is 89.2 Å². The first-order valence-electron chi connectivity index (χ1n) is 15.4. The molecule has 0 aliphatic heterocycles. The number of fused-ring (bicyclic) bond motifs is 3. The molecular formula is C33H49N3O9. The van der Waals surface area contributed by atoms with Crippen LogP contribution in [-0.4, -0.2) is 112 Å². The number of nitrogens with two attached hydrogens (primary N) is 1. The molecule has 7 N–H and O–H groups in total. The molecule has 1 aromatic rings. The Hall–Kier alpha value is -3.29. The highest BCUT2D eigenvalue weighted by Gasteiger charge is 2.67. The van der Waals surface area contributed by atoms with Crippen LogP contribution >= 0.6 is 0 Å². The molecule has 3 aliphatic rings. The second-order valence-electron chi connectivity index (χ2n) is 13.8. The van der Waals surface area contributed by atoms with Crippen LogP contribution in [0.25, 0.3) is 5.76 Å². The second-order valence-corrected chi connectivity index (χ2v) is 13.8. The van der Waals surface area contributed by atoms with Crippen molar-refractivity contribution in [2.24, 2.45) is 17.6 Å². The van der Waals surface area contributed by atoms with Crippen LogP contribution in [0, 0.1) is 11.8 Å². The fourth-order valence-electron chi connectivity index (χ4n) is 6.94. The molecule has 3 aliphatic carbocycles. The van der Waals surface area contributed by atoms with Gasteiger partial charge in [-0.25, -0.2) is 0 Å². The summed E-state index contributed by atoms with van der Waals surface area (Å²) in [5.74, 6) is -10.2. The molecule has 45 heavy (non-hydrogen) atoms. The molecule has 0 unspecified atom stereocenters. The number of carbonyl (C=O) groups excluding carboxylic acids is 3. The zero-order valence-corrected chi connectivity index (χ0v) is 27.3. The lowest BCUT2D eigenvalue weighted by Gasteiger charge is -2.57. The molecular weight excluding hydrogens is 582 g/mol. The van der Waals surface area contributed by atoms with Crippen LogP contribution in [0.3, 0.4) is 0 Å². The van der Waals surface area contributed by atoms with E-state index in [1.54, 1.807) is 0 Å². The van der Waals surface area contributed by atoms with Gasteiger partial charge in [0.1, 0.15) is 17.1 Å². The van der Waals surface area contributed by atoms with E-state index in [4.69, 9.17) is 5.73 Å². The Morgan fingerprint density at radius 2 is 1.62 bits per heavy atom. The van der Waals surface area contributed by atoms with Crippen LogP contribution in [0.1, 0.15) is 63.5 Å². The SMILES string of the molecule is CCCCCCCC[N+](C)(C)C.CN(C)[C@@H]1C(=O)C(C(N)=O)=C([O-])[C@@]2(O)C(=O)C3=C(O)c4c(O)cccc4[C@@](C)(O)[C@H]3[C@H](O)[C@@H]12. The van der Waals surface area contributed by atoms with Crippen molar-refractivity contribution in [2.75, 3.05) is 41.8 Å². The monoisotopic (exact) mass is 631 g/mol. The van der Waals surface area contributed by atoms with Crippen LogP contribution in [0.2, 0.25) is 0 Å². The molecule has 0 heterocycles. The fraction of sp³-hybridized carbons (Fsp3) is 0.606. The Kier molecular flexibility index (Phi) is 10.6. The van der Waals surface area contributed by atoms with Crippen molar-refractivity contribution in [3.8, 4) is 5.75 Å². The largest absolute Gasteiger partial charge is 0.873 e. The molecule has 0 aromatic heterocycles. The maximum absolute atomic E-state index is 13.6. The molecule has 0 spiro atoms. The van der Waals surface area contributed by atoms with Gasteiger partial charge < -0.3 is 40.9 Å². The van der Waals surface area contributed by atoms with E-state index in [-0.39, 0.29) is 11.1 Å². The Morgan fingerprint density at radius 1 is 1.04 bits per heavy atom. The first kappa shape index (κ1) is 36.2. The average Bonchev–Trinajstić information content (AvgIpc) is 2.92. The average molecular weight is 632 g/mol. The number of Topliss-reactive ketones (excluding diaryl/α,β-unsaturated/α-hetero) is 2. The summed E-state index contributed by atoms with van der Waals surface area (Å²) in [4.78, 5) is 39.8. The zero-order valence-electron chi connectivity index (χ0n) is 27.3. The van der Waals surface area contributed by atoms with Crippen molar-refractivity contribution in [1.82, 2.24) is 4.90 Å². The molecule has 1 amide bonds. The number of carbonyl (C=O) groups is 3. The summed E-state index contributed by atoms with van der Waals surface area (Å²) in [5.41, 5.74) is -2.13. The summed E-state index contributed by atoms with van der Waals surface area (Å²) < 4.78 is 1.12. The predicted molar refractivity (Wildman–Crippen MR) is 165 cm³/mol. The highest BCUT2D eigenvalue weighted by Crippen LogP contribution is 2.56. The summed E-state index contributed by atoms with van der Waals surface area (Å²) in [7, 11) is 9.57. The number of unbranched alkanes of at least 4 members (excludes halogenated alkanes) is 5. The van der Waals surface area contributed by atoms with E-state index >= 15 is 0 Å². The van der Waals surface area contributed by atoms with Gasteiger partial charge in [0.2, 0.25) is 0 Å². The van der Waals surface area contributed by atoms with Crippen molar-refractivity contribution in [2.45, 2.75) is 75.7 Å². The number of aliphatic hydroxyl groups excluding tert-OH is 2. The number of benzene rings is 1. The number of hydrogen-bond acceptors (Lipinski definition) is 10. The molecule has 1 saturated carbocycles. The van der Waals surface area contributed by atoms with Gasteiger partial charge in [-0.3, -0.25) is 19.3 Å². The lowest BCUT2D eigenvalue weighted by Crippen LogP contribution is -2.73. The molecule has 0 saturated heterocycles. The highest BCUT2D eigenvalue weighted by atomic mass is 16.4. The summed E-state index contributed by atoms with van der Waals surface area (Å²) in [6.07, 6.45) is 6.56. The number of primary amides is 1. The topological polar surface area (TPSA) is 205 Å². The number of likely N-dealkylation sites (N-methyl/N-ethyl adjacent to an activating group) is 1. The van der Waals surface area contributed by atoms with E-state index in [0.29, 0.717) is 0 Å². The van der Waals surface area contributed by atoms with Crippen molar-refractivity contribution < 1.29 is 49.5 Å². The normalized spacial score (nSPS) is 29.6. The minimum Gasteiger partial charge on any atom is -0.873 e. The lowest BCUT2D eigenvalue weighted by molar-refractivity contribution is -0.870. The smallest absolute Gasteiger partial charge is 0.251 e. The third kappa shape index (κ3) is 6.39. The van der Waals surface area contributed by atoms with E-state index in [0.717, 1.165) is 4.48 Å². The Balaban J connectivity index is 0.000000392. The molecule has 0 radical (unpaired) electrons. The second kappa shape index (κ2) is 13.2. The van der Waals surface area contributed by atoms with Gasteiger partial charge in [-0.1, -0.05) is 50.5 Å². The maximum Gasteiger partial charge on any atom is 0.251 e. The van der Waals surface area contributed by atoms with Crippen LogP contribution in [0.15, 0.2) is 35.1 Å². The van der Waals surface area contributed by atoms with Crippen LogP contribution in [0.5, 0.6) is 5.75 Å². The van der Waals surface area contributed by atoms with Crippen LogP contribution < -0.4 is 10.8 Å². The number of hydrogen-bond donors (Lipinski definition) is 6. The van der Waals surface area contributed by atoms with E-state index in [1.807, 2.05) is 0 Å². The van der Waals surface area contributed by atoms with Gasteiger partial charge >= 0.3 is 0 Å². The molecule has 1 fully saturated rings. The van der Waals surface area contributed by atoms with Gasteiger partial charge in [0.15, 0.2) is 11.6 Å². The molecule has 0 bridgehead atoms. The standard InChI is InChI=1S/C22H24N2O9.C11H26N/c1-21(32)7-5-4-6-8(25)9(7)15(26)10-12(21)17(28)13-14(24(2)3)16(27)11(20(23)31)19(30)22(13,33)18(10)29;1-5-6-7-8-9-10-11-12(2,3)4/h4-6,12-14,17,25-26,28,30,32-33H,1-3H3,(H2,23,31);5-11H2,1-4H3/q;+1/p-1/t12-,13-,14+,17+,21-,22+;/m1./s1. The van der Waals surface area contributed by atoms with Crippen LogP contribution in [0.4, 0.5) is 0 Å². The van der Waals surface area contributed by atoms with Crippen molar-refractivity contribution in [3.63, 3.8) is 0 Å². The number of rotatable bonds is 9. The molecule has 12 heteroatoms. The third-order valence-electron chi connectivity index (χ3n) is 9.19. The number of aromatic hydroxyl groups is 1. The van der Waals surface area contributed by atoms with Gasteiger partial charge in [0.25, 0.3) is 5.91 Å².